The Bertz CT molecular complexity index is 639. The van der Waals surface area contributed by atoms with Gasteiger partial charge in [-0.3, -0.25) is 4.79 Å². The predicted octanol–water partition coefficient (Wildman–Crippen LogP) is 2.00. The first kappa shape index (κ1) is 21.3. The third-order valence-corrected chi connectivity index (χ3v) is 4.80. The lowest BCUT2D eigenvalue weighted by molar-refractivity contribution is -0.132. The molecule has 1 amide bonds. The molecule has 0 bridgehead atoms. The average molecular weight is 379 g/mol. The highest BCUT2D eigenvalue weighted by Gasteiger charge is 2.27. The van der Waals surface area contributed by atoms with Crippen LogP contribution >= 0.6 is 0 Å². The first-order valence-electron chi connectivity index (χ1n) is 9.91. The quantitative estimate of drug-likeness (QED) is 0.499. The van der Waals surface area contributed by atoms with Crippen molar-refractivity contribution in [2.24, 2.45) is 10.9 Å². The van der Waals surface area contributed by atoms with Gasteiger partial charge in [-0.25, -0.2) is 4.99 Å². The van der Waals surface area contributed by atoms with E-state index in [1.807, 2.05) is 24.8 Å². The summed E-state index contributed by atoms with van der Waals surface area (Å²) < 4.78 is 5.52. The van der Waals surface area contributed by atoms with Gasteiger partial charge in [-0.1, -0.05) is 6.92 Å². The molecule has 27 heavy (non-hydrogen) atoms. The Balaban J connectivity index is 1.85. The minimum atomic E-state index is -1.18. The Morgan fingerprint density at radius 2 is 2.22 bits per heavy atom. The number of nitrogens with one attached hydrogen (secondary N) is 2. The van der Waals surface area contributed by atoms with Gasteiger partial charge in [0, 0.05) is 32.6 Å². The number of aryl methyl sites for hydroxylation is 1. The van der Waals surface area contributed by atoms with E-state index >= 15 is 0 Å². The first-order valence-corrected chi connectivity index (χ1v) is 9.91. The monoisotopic (exact) mass is 378 g/mol. The minimum absolute atomic E-state index is 0.160. The van der Waals surface area contributed by atoms with Gasteiger partial charge in [-0.15, -0.1) is 0 Å². The molecule has 0 aliphatic carbocycles. The van der Waals surface area contributed by atoms with Crippen molar-refractivity contribution in [2.45, 2.75) is 52.6 Å². The lowest BCUT2D eigenvalue weighted by Gasteiger charge is -2.31. The van der Waals surface area contributed by atoms with Crippen molar-refractivity contribution < 1.29 is 14.3 Å². The highest BCUT2D eigenvalue weighted by atomic mass is 16.4. The minimum Gasteiger partial charge on any atom is -0.463 e. The number of guanidine groups is 1. The lowest BCUT2D eigenvalue weighted by atomic mass is 10.00. The van der Waals surface area contributed by atoms with Crippen molar-refractivity contribution in [2.75, 3.05) is 32.7 Å². The summed E-state index contributed by atoms with van der Waals surface area (Å²) in [7, 11) is 0. The summed E-state index contributed by atoms with van der Waals surface area (Å²) in [5.74, 6) is 2.60. The van der Waals surface area contributed by atoms with E-state index in [-0.39, 0.29) is 12.5 Å². The predicted molar refractivity (Wildman–Crippen MR) is 107 cm³/mol. The summed E-state index contributed by atoms with van der Waals surface area (Å²) in [4.78, 5) is 18.8. The van der Waals surface area contributed by atoms with Crippen LogP contribution in [0.3, 0.4) is 0 Å². The summed E-state index contributed by atoms with van der Waals surface area (Å²) in [6, 6.07) is 3.59. The van der Waals surface area contributed by atoms with E-state index in [0.29, 0.717) is 37.1 Å². The Morgan fingerprint density at radius 3 is 2.85 bits per heavy atom. The van der Waals surface area contributed by atoms with Gasteiger partial charge in [0.2, 0.25) is 5.91 Å². The van der Waals surface area contributed by atoms with E-state index in [0.717, 1.165) is 25.3 Å². The number of aliphatic hydroxyl groups is 1. The Hall–Kier alpha value is -2.02. The van der Waals surface area contributed by atoms with E-state index in [9.17, 15) is 9.90 Å². The van der Waals surface area contributed by atoms with E-state index in [4.69, 9.17) is 4.42 Å². The number of carbonyl (C=O) groups is 1. The number of carbonyl (C=O) groups excluding carboxylic acids is 1. The fourth-order valence-electron chi connectivity index (χ4n) is 3.24. The second-order valence-corrected chi connectivity index (χ2v) is 7.64. The largest absolute Gasteiger partial charge is 0.463 e. The number of furan rings is 1. The van der Waals surface area contributed by atoms with E-state index in [2.05, 4.69) is 22.5 Å². The molecule has 152 valence electrons. The molecule has 2 rings (SSSR count). The number of aliphatic imine (C=N–C) groups is 1. The molecule has 1 aliphatic heterocycles. The van der Waals surface area contributed by atoms with Crippen LogP contribution in [0.1, 0.15) is 51.6 Å². The van der Waals surface area contributed by atoms with Crippen LogP contribution in [0.4, 0.5) is 0 Å². The fourth-order valence-corrected chi connectivity index (χ4v) is 3.24. The summed E-state index contributed by atoms with van der Waals surface area (Å²) in [6.07, 6.45) is 2.73. The maximum Gasteiger partial charge on any atom is 0.224 e. The molecule has 7 nitrogen and oxygen atoms in total. The van der Waals surface area contributed by atoms with Crippen LogP contribution < -0.4 is 10.6 Å². The van der Waals surface area contributed by atoms with Crippen molar-refractivity contribution in [3.63, 3.8) is 0 Å². The zero-order valence-electron chi connectivity index (χ0n) is 17.0. The molecular formula is C20H34N4O3. The van der Waals surface area contributed by atoms with Crippen LogP contribution in [0.5, 0.6) is 0 Å². The molecule has 7 heteroatoms. The third kappa shape index (κ3) is 6.57. The average Bonchev–Trinajstić information content (AvgIpc) is 3.07. The van der Waals surface area contributed by atoms with Gasteiger partial charge >= 0.3 is 0 Å². The second kappa shape index (κ2) is 9.78. The van der Waals surface area contributed by atoms with Crippen molar-refractivity contribution >= 4 is 11.9 Å². The summed E-state index contributed by atoms with van der Waals surface area (Å²) >= 11 is 0. The number of amides is 1. The zero-order chi connectivity index (χ0) is 19.9. The van der Waals surface area contributed by atoms with E-state index in [1.165, 1.54) is 6.42 Å². The van der Waals surface area contributed by atoms with Crippen LogP contribution in [0.15, 0.2) is 21.5 Å². The van der Waals surface area contributed by atoms with Crippen molar-refractivity contribution in [1.82, 2.24) is 15.5 Å². The van der Waals surface area contributed by atoms with Crippen LogP contribution in [0.2, 0.25) is 0 Å². The van der Waals surface area contributed by atoms with Gasteiger partial charge in [0.15, 0.2) is 5.96 Å². The SMILES string of the molecule is CCNC(=NCC(C)(O)c1ccc(C)o1)NCCC(=O)N1CCCC(C)C1. The van der Waals surface area contributed by atoms with Crippen molar-refractivity contribution in [3.05, 3.63) is 23.7 Å². The molecule has 2 heterocycles. The Labute approximate surface area is 162 Å². The smallest absolute Gasteiger partial charge is 0.224 e. The van der Waals surface area contributed by atoms with Gasteiger partial charge < -0.3 is 25.1 Å². The van der Waals surface area contributed by atoms with Gasteiger partial charge in [-0.2, -0.15) is 0 Å². The fraction of sp³-hybridized carbons (Fsp3) is 0.700. The first-order chi connectivity index (χ1) is 12.8. The highest BCUT2D eigenvalue weighted by Crippen LogP contribution is 2.23. The number of hydrogen-bond acceptors (Lipinski definition) is 4. The molecule has 1 aromatic rings. The van der Waals surface area contributed by atoms with Crippen molar-refractivity contribution in [3.8, 4) is 0 Å². The highest BCUT2D eigenvalue weighted by molar-refractivity contribution is 5.81. The molecule has 0 saturated carbocycles. The molecule has 2 unspecified atom stereocenters. The number of nitrogens with zero attached hydrogens (tertiary/aromatic N) is 2. The number of rotatable bonds is 7. The third-order valence-electron chi connectivity index (χ3n) is 4.80. The normalized spacial score (nSPS) is 20.3. The topological polar surface area (TPSA) is 90.1 Å². The lowest BCUT2D eigenvalue weighted by Crippen LogP contribution is -2.43. The van der Waals surface area contributed by atoms with Crippen LogP contribution in [-0.2, 0) is 10.4 Å². The standard InChI is InChI=1S/C20H34N4O3/c1-5-21-19(23-14-20(4,26)17-9-8-16(3)27-17)22-11-10-18(25)24-12-6-7-15(2)13-24/h8-9,15,26H,5-7,10-14H2,1-4H3,(H2,21,22,23). The van der Waals surface area contributed by atoms with Crippen molar-refractivity contribution in [1.29, 1.82) is 0 Å². The summed E-state index contributed by atoms with van der Waals surface area (Å²) in [5.41, 5.74) is -1.18. The Kier molecular flexibility index (Phi) is 7.71. The van der Waals surface area contributed by atoms with Crippen LogP contribution in [0.25, 0.3) is 0 Å². The Morgan fingerprint density at radius 1 is 1.44 bits per heavy atom. The van der Waals surface area contributed by atoms with Gasteiger partial charge in [-0.05, 0) is 51.7 Å². The number of likely N-dealkylation sites (tertiary alicyclic amines) is 1. The van der Waals surface area contributed by atoms with Gasteiger partial charge in [0.1, 0.15) is 17.1 Å². The van der Waals surface area contributed by atoms with E-state index < -0.39 is 5.60 Å². The molecule has 2 atom stereocenters. The number of piperidine rings is 1. The van der Waals surface area contributed by atoms with Gasteiger partial charge in [0.05, 0.1) is 6.54 Å². The molecule has 1 fully saturated rings. The van der Waals surface area contributed by atoms with E-state index in [1.54, 1.807) is 13.0 Å². The molecular weight excluding hydrogens is 344 g/mol. The summed E-state index contributed by atoms with van der Waals surface area (Å²) in [5, 5.41) is 16.9. The van der Waals surface area contributed by atoms with Crippen LogP contribution in [0, 0.1) is 12.8 Å². The molecule has 1 aromatic heterocycles. The maximum atomic E-state index is 12.4. The molecule has 1 saturated heterocycles. The van der Waals surface area contributed by atoms with Gasteiger partial charge in [0.25, 0.3) is 0 Å². The molecule has 0 aromatic carbocycles. The maximum absolute atomic E-state index is 12.4. The number of hydrogen-bond donors (Lipinski definition) is 3. The summed E-state index contributed by atoms with van der Waals surface area (Å²) in [6.45, 7) is 10.8. The molecule has 0 radical (unpaired) electrons. The zero-order valence-corrected chi connectivity index (χ0v) is 17.0. The molecule has 0 spiro atoms. The second-order valence-electron chi connectivity index (χ2n) is 7.64. The molecule has 1 aliphatic rings. The molecule has 3 N–H and O–H groups in total. The van der Waals surface area contributed by atoms with Crippen LogP contribution in [-0.4, -0.2) is 54.6 Å².